The molecule has 0 bridgehead atoms. The van der Waals surface area contributed by atoms with E-state index in [0.29, 0.717) is 9.09 Å². The van der Waals surface area contributed by atoms with Crippen molar-refractivity contribution < 1.29 is 23.1 Å². The van der Waals surface area contributed by atoms with Crippen LogP contribution < -0.4 is 10.0 Å². The number of para-hydroxylation sites is 1. The van der Waals surface area contributed by atoms with Gasteiger partial charge in [0.05, 0.1) is 16.8 Å². The number of amides is 1. The van der Waals surface area contributed by atoms with Crippen LogP contribution in [0.1, 0.15) is 21.5 Å². The largest absolute Gasteiger partial charge is 0.480 e. The van der Waals surface area contributed by atoms with Gasteiger partial charge in [0.1, 0.15) is 16.5 Å². The molecule has 184 valence electrons. The molecule has 0 spiro atoms. The van der Waals surface area contributed by atoms with Gasteiger partial charge in [-0.05, 0) is 65.4 Å². The number of sulfonamides is 1. The summed E-state index contributed by atoms with van der Waals surface area (Å²) >= 11 is 2.00. The van der Waals surface area contributed by atoms with Crippen molar-refractivity contribution in [1.29, 1.82) is 0 Å². The molecule has 11 heteroatoms. The van der Waals surface area contributed by atoms with E-state index in [2.05, 4.69) is 20.0 Å². The Morgan fingerprint density at radius 2 is 1.75 bits per heavy atom. The molecule has 1 unspecified atom stereocenters. The fourth-order valence-electron chi connectivity index (χ4n) is 3.58. The van der Waals surface area contributed by atoms with E-state index in [1.807, 2.05) is 41.6 Å². The van der Waals surface area contributed by atoms with Crippen LogP contribution >= 0.6 is 22.6 Å². The molecule has 3 N–H and O–H groups in total. The summed E-state index contributed by atoms with van der Waals surface area (Å²) in [6.45, 7) is 1.92. The van der Waals surface area contributed by atoms with Gasteiger partial charge in [-0.15, -0.1) is 0 Å². The lowest BCUT2D eigenvalue weighted by atomic mass is 10.0. The first-order valence-corrected chi connectivity index (χ1v) is 13.3. The number of benzene rings is 3. The molecule has 36 heavy (non-hydrogen) atoms. The summed E-state index contributed by atoms with van der Waals surface area (Å²) in [5.41, 5.74) is 2.37. The molecule has 1 atom stereocenters. The number of halogens is 1. The van der Waals surface area contributed by atoms with Gasteiger partial charge < -0.3 is 10.4 Å². The van der Waals surface area contributed by atoms with Gasteiger partial charge in [-0.3, -0.25) is 19.5 Å². The number of hydrogen-bond acceptors (Lipinski definition) is 6. The lowest BCUT2D eigenvalue weighted by molar-refractivity contribution is -0.139. The van der Waals surface area contributed by atoms with Crippen molar-refractivity contribution in [2.24, 2.45) is 0 Å². The fraction of sp³-hybridized carbons (Fsp3) is 0.120. The van der Waals surface area contributed by atoms with Gasteiger partial charge in [-0.2, -0.15) is 0 Å². The molecule has 3 aromatic carbocycles. The molecule has 0 saturated carbocycles. The number of hydrogen-bond donors (Lipinski definition) is 3. The predicted molar refractivity (Wildman–Crippen MR) is 143 cm³/mol. The summed E-state index contributed by atoms with van der Waals surface area (Å²) in [6, 6.07) is 15.3. The normalized spacial score (nSPS) is 12.2. The van der Waals surface area contributed by atoms with E-state index in [0.717, 1.165) is 11.1 Å². The Morgan fingerprint density at radius 1 is 1.03 bits per heavy atom. The molecule has 1 aromatic heterocycles. The van der Waals surface area contributed by atoms with Crippen molar-refractivity contribution in [3.05, 3.63) is 93.3 Å². The summed E-state index contributed by atoms with van der Waals surface area (Å²) in [5.74, 6) is -1.92. The number of aliphatic carboxylic acids is 1. The van der Waals surface area contributed by atoms with Crippen molar-refractivity contribution in [3.8, 4) is 0 Å². The Labute approximate surface area is 221 Å². The number of nitrogens with one attached hydrogen (secondary N) is 2. The van der Waals surface area contributed by atoms with Gasteiger partial charge >= 0.3 is 5.97 Å². The van der Waals surface area contributed by atoms with Crippen LogP contribution in [0.3, 0.4) is 0 Å². The lowest BCUT2D eigenvalue weighted by Crippen LogP contribution is -2.42. The predicted octanol–water partition coefficient (Wildman–Crippen LogP) is 3.77. The highest BCUT2D eigenvalue weighted by molar-refractivity contribution is 14.1. The van der Waals surface area contributed by atoms with Crippen LogP contribution in [0, 0.1) is 10.5 Å². The number of aromatic nitrogens is 2. The number of nitrogens with zero attached hydrogens (tertiary/aromatic N) is 2. The van der Waals surface area contributed by atoms with E-state index in [9.17, 15) is 23.1 Å². The standard InChI is InChI=1S/C25H21IN4O5S/c1-15-5-7-16(8-6-15)13-21(25(32)33)29-24(31)18-10-9-17(26)14-20(18)30-36(34,35)22-4-2-3-19-23(22)28-12-11-27-19/h2-12,14,21,30H,13H2,1H3,(H,29,31)(H,32,33). The van der Waals surface area contributed by atoms with Gasteiger partial charge in [-0.25, -0.2) is 13.2 Å². The van der Waals surface area contributed by atoms with Crippen molar-refractivity contribution in [2.75, 3.05) is 4.72 Å². The zero-order valence-electron chi connectivity index (χ0n) is 19.0. The molecule has 4 aromatic rings. The Morgan fingerprint density at radius 3 is 2.47 bits per heavy atom. The molecule has 0 aliphatic heterocycles. The average molecular weight is 616 g/mol. The van der Waals surface area contributed by atoms with Gasteiger partial charge in [0.15, 0.2) is 0 Å². The summed E-state index contributed by atoms with van der Waals surface area (Å²) < 4.78 is 29.7. The highest BCUT2D eigenvalue weighted by Crippen LogP contribution is 2.26. The second kappa shape index (κ2) is 10.6. The average Bonchev–Trinajstić information content (AvgIpc) is 2.84. The second-order valence-electron chi connectivity index (χ2n) is 8.03. The van der Waals surface area contributed by atoms with Crippen LogP contribution in [0.15, 0.2) is 78.0 Å². The first-order valence-electron chi connectivity index (χ1n) is 10.8. The van der Waals surface area contributed by atoms with E-state index < -0.39 is 27.9 Å². The van der Waals surface area contributed by atoms with Crippen LogP contribution in [0.5, 0.6) is 0 Å². The summed E-state index contributed by atoms with van der Waals surface area (Å²) in [5, 5.41) is 12.2. The van der Waals surface area contributed by atoms with Crippen molar-refractivity contribution in [3.63, 3.8) is 0 Å². The fourth-order valence-corrected chi connectivity index (χ4v) is 5.31. The van der Waals surface area contributed by atoms with Crippen molar-refractivity contribution in [2.45, 2.75) is 24.3 Å². The summed E-state index contributed by atoms with van der Waals surface area (Å²) in [6.07, 6.45) is 2.93. The first kappa shape index (κ1) is 25.5. The molecular weight excluding hydrogens is 595 g/mol. The number of anilines is 1. The van der Waals surface area contributed by atoms with Gasteiger partial charge in [0.2, 0.25) is 0 Å². The number of rotatable bonds is 8. The Hall–Kier alpha value is -3.58. The van der Waals surface area contributed by atoms with E-state index >= 15 is 0 Å². The lowest BCUT2D eigenvalue weighted by Gasteiger charge is -2.17. The number of aryl methyl sites for hydroxylation is 1. The molecule has 0 aliphatic rings. The monoisotopic (exact) mass is 616 g/mol. The number of carboxylic acid groups (broad SMARTS) is 1. The van der Waals surface area contributed by atoms with Crippen molar-refractivity contribution >= 4 is 61.2 Å². The van der Waals surface area contributed by atoms with Gasteiger partial charge in [0.25, 0.3) is 15.9 Å². The number of carboxylic acids is 1. The second-order valence-corrected chi connectivity index (χ2v) is 10.9. The Bertz CT molecular complexity index is 1550. The molecule has 4 rings (SSSR count). The third-order valence-electron chi connectivity index (χ3n) is 5.39. The van der Waals surface area contributed by atoms with Gasteiger partial charge in [0, 0.05) is 22.4 Å². The SMILES string of the molecule is Cc1ccc(CC(NC(=O)c2ccc(I)cc2NS(=O)(=O)c2cccc3nccnc23)C(=O)O)cc1. The molecule has 0 radical (unpaired) electrons. The molecular formula is C25H21IN4O5S. The molecule has 0 fully saturated rings. The molecule has 1 heterocycles. The van der Waals surface area contributed by atoms with E-state index in [1.165, 1.54) is 30.6 Å². The maximum absolute atomic E-state index is 13.3. The Kier molecular flexibility index (Phi) is 7.50. The molecule has 0 aliphatic carbocycles. The highest BCUT2D eigenvalue weighted by Gasteiger charge is 2.25. The molecule has 1 amide bonds. The summed E-state index contributed by atoms with van der Waals surface area (Å²) in [4.78, 5) is 33.2. The number of carbonyl (C=O) groups is 2. The Balaban J connectivity index is 1.63. The third-order valence-corrected chi connectivity index (χ3v) is 7.45. The zero-order chi connectivity index (χ0) is 25.9. The third kappa shape index (κ3) is 5.79. The topological polar surface area (TPSA) is 138 Å². The molecule has 9 nitrogen and oxygen atoms in total. The van der Waals surface area contributed by atoms with E-state index in [4.69, 9.17) is 0 Å². The maximum atomic E-state index is 13.3. The minimum atomic E-state index is -4.16. The molecule has 0 saturated heterocycles. The number of fused-ring (bicyclic) bond motifs is 1. The van der Waals surface area contributed by atoms with Crippen LogP contribution in [0.25, 0.3) is 11.0 Å². The van der Waals surface area contributed by atoms with Crippen LogP contribution in [-0.4, -0.2) is 41.4 Å². The van der Waals surface area contributed by atoms with Gasteiger partial charge in [-0.1, -0.05) is 35.9 Å². The quantitative estimate of drug-likeness (QED) is 0.256. The van der Waals surface area contributed by atoms with Crippen molar-refractivity contribution in [1.82, 2.24) is 15.3 Å². The summed E-state index contributed by atoms with van der Waals surface area (Å²) in [7, 11) is -4.16. The van der Waals surface area contributed by atoms with Crippen LogP contribution in [0.4, 0.5) is 5.69 Å². The smallest absolute Gasteiger partial charge is 0.326 e. The minimum absolute atomic E-state index is 0.0135. The maximum Gasteiger partial charge on any atom is 0.326 e. The zero-order valence-corrected chi connectivity index (χ0v) is 21.9. The minimum Gasteiger partial charge on any atom is -0.480 e. The first-order chi connectivity index (χ1) is 17.1. The van der Waals surface area contributed by atoms with E-state index in [1.54, 1.807) is 30.3 Å². The number of carbonyl (C=O) groups excluding carboxylic acids is 1. The van der Waals surface area contributed by atoms with E-state index in [-0.39, 0.29) is 28.1 Å². The van der Waals surface area contributed by atoms with Crippen LogP contribution in [0.2, 0.25) is 0 Å². The van der Waals surface area contributed by atoms with Crippen LogP contribution in [-0.2, 0) is 21.2 Å². The highest BCUT2D eigenvalue weighted by atomic mass is 127.